The molecular weight excluding hydrogens is 192 g/mol. The second-order valence-electron chi connectivity index (χ2n) is 3.13. The van der Waals surface area contributed by atoms with Crippen molar-refractivity contribution in [1.29, 1.82) is 0 Å². The second kappa shape index (κ2) is 4.57. The van der Waals surface area contributed by atoms with E-state index in [0.717, 1.165) is 0 Å². The summed E-state index contributed by atoms with van der Waals surface area (Å²) >= 11 is 0. The highest BCUT2D eigenvalue weighted by atomic mass is 32.2. The van der Waals surface area contributed by atoms with E-state index in [1.165, 1.54) is 0 Å². The van der Waals surface area contributed by atoms with Crippen LogP contribution < -0.4 is 10.6 Å². The molecule has 1 amide bonds. The summed E-state index contributed by atoms with van der Waals surface area (Å²) in [5.41, 5.74) is 0. The Balaban J connectivity index is 2.14. The van der Waals surface area contributed by atoms with E-state index in [9.17, 15) is 13.2 Å². The van der Waals surface area contributed by atoms with E-state index < -0.39 is 9.84 Å². The van der Waals surface area contributed by atoms with Crippen molar-refractivity contribution in [3.05, 3.63) is 0 Å². The first kappa shape index (κ1) is 10.5. The topological polar surface area (TPSA) is 75.3 Å². The Labute approximate surface area is 77.8 Å². The Morgan fingerprint density at radius 3 is 2.69 bits per heavy atom. The quantitative estimate of drug-likeness (QED) is 0.424. The first-order valence-corrected chi connectivity index (χ1v) is 6.07. The van der Waals surface area contributed by atoms with Crippen LogP contribution in [0.25, 0.3) is 0 Å². The minimum absolute atomic E-state index is 0.0680. The molecule has 1 rings (SSSR count). The van der Waals surface area contributed by atoms with Crippen molar-refractivity contribution in [2.45, 2.75) is 12.5 Å². The summed E-state index contributed by atoms with van der Waals surface area (Å²) in [4.78, 5) is 9.87. The summed E-state index contributed by atoms with van der Waals surface area (Å²) < 4.78 is 22.0. The van der Waals surface area contributed by atoms with Crippen molar-refractivity contribution in [2.75, 3.05) is 24.6 Å². The van der Waals surface area contributed by atoms with Gasteiger partial charge in [-0.25, -0.2) is 8.42 Å². The van der Waals surface area contributed by atoms with Crippen molar-refractivity contribution < 1.29 is 13.2 Å². The molecule has 1 aliphatic heterocycles. The first-order valence-electron chi connectivity index (χ1n) is 4.25. The van der Waals surface area contributed by atoms with E-state index in [0.29, 0.717) is 25.9 Å². The van der Waals surface area contributed by atoms with Gasteiger partial charge in [-0.2, -0.15) is 0 Å². The molecule has 0 aliphatic carbocycles. The molecule has 6 heteroatoms. The number of amides is 1. The minimum Gasteiger partial charge on any atom is -0.357 e. The number of rotatable bonds is 5. The third kappa shape index (κ3) is 3.73. The molecule has 0 aromatic rings. The average Bonchev–Trinajstić information content (AvgIpc) is 2.40. The molecule has 76 valence electrons. The third-order valence-electron chi connectivity index (χ3n) is 2.02. The third-order valence-corrected chi connectivity index (χ3v) is 3.79. The van der Waals surface area contributed by atoms with Gasteiger partial charge in [0.1, 0.15) is 0 Å². The Morgan fingerprint density at radius 1 is 1.38 bits per heavy atom. The maximum atomic E-state index is 11.0. The van der Waals surface area contributed by atoms with Gasteiger partial charge in [0.05, 0.1) is 11.5 Å². The van der Waals surface area contributed by atoms with E-state index in [1.807, 2.05) is 0 Å². The maximum absolute atomic E-state index is 11.0. The molecule has 1 atom stereocenters. The van der Waals surface area contributed by atoms with Gasteiger partial charge in [-0.1, -0.05) is 0 Å². The van der Waals surface area contributed by atoms with Crippen LogP contribution >= 0.6 is 0 Å². The number of sulfone groups is 1. The van der Waals surface area contributed by atoms with Crippen molar-refractivity contribution in [3.63, 3.8) is 0 Å². The van der Waals surface area contributed by atoms with Gasteiger partial charge in [0.15, 0.2) is 9.84 Å². The lowest BCUT2D eigenvalue weighted by Gasteiger charge is -2.09. The number of carbonyl (C=O) groups is 1. The Bertz CT molecular complexity index is 263. The van der Waals surface area contributed by atoms with Crippen LogP contribution in [0.2, 0.25) is 0 Å². The maximum Gasteiger partial charge on any atom is 0.207 e. The van der Waals surface area contributed by atoms with Crippen LogP contribution in [0, 0.1) is 0 Å². The highest BCUT2D eigenvalue weighted by molar-refractivity contribution is 7.91. The Hall–Kier alpha value is -0.620. The molecule has 0 aromatic carbocycles. The SMILES string of the molecule is O=CNCCN[C@@H]1CCS(=O)(=O)C1. The van der Waals surface area contributed by atoms with E-state index in [2.05, 4.69) is 10.6 Å². The largest absolute Gasteiger partial charge is 0.357 e. The van der Waals surface area contributed by atoms with Crippen LogP contribution in [-0.2, 0) is 14.6 Å². The van der Waals surface area contributed by atoms with Crippen molar-refractivity contribution in [2.24, 2.45) is 0 Å². The fraction of sp³-hybridized carbons (Fsp3) is 0.857. The zero-order chi connectivity index (χ0) is 9.73. The molecular formula is C7H14N2O3S. The molecule has 0 unspecified atom stereocenters. The van der Waals surface area contributed by atoms with Crippen molar-refractivity contribution in [1.82, 2.24) is 10.6 Å². The van der Waals surface area contributed by atoms with Crippen molar-refractivity contribution in [3.8, 4) is 0 Å². The molecule has 1 aliphatic rings. The van der Waals surface area contributed by atoms with E-state index in [4.69, 9.17) is 0 Å². The second-order valence-corrected chi connectivity index (χ2v) is 5.35. The van der Waals surface area contributed by atoms with Gasteiger partial charge in [0, 0.05) is 19.1 Å². The molecule has 1 fully saturated rings. The standard InChI is InChI=1S/C7H14N2O3S/c10-6-8-2-3-9-7-1-4-13(11,12)5-7/h6-7,9H,1-5H2,(H,8,10)/t7-/m1/s1. The van der Waals surface area contributed by atoms with Gasteiger partial charge in [0.25, 0.3) is 0 Å². The number of carbonyl (C=O) groups excluding carboxylic acids is 1. The summed E-state index contributed by atoms with van der Waals surface area (Å²) in [5, 5.41) is 5.57. The lowest BCUT2D eigenvalue weighted by molar-refractivity contribution is -0.109. The van der Waals surface area contributed by atoms with E-state index >= 15 is 0 Å². The zero-order valence-corrected chi connectivity index (χ0v) is 8.14. The van der Waals surface area contributed by atoms with Gasteiger partial charge in [-0.05, 0) is 6.42 Å². The summed E-state index contributed by atoms with van der Waals surface area (Å²) in [6, 6.07) is 0.0680. The van der Waals surface area contributed by atoms with Crippen LogP contribution in [0.3, 0.4) is 0 Å². The number of hydrogen-bond acceptors (Lipinski definition) is 4. The van der Waals surface area contributed by atoms with Gasteiger partial charge >= 0.3 is 0 Å². The molecule has 13 heavy (non-hydrogen) atoms. The van der Waals surface area contributed by atoms with Gasteiger partial charge in [-0.3, -0.25) is 4.79 Å². The van der Waals surface area contributed by atoms with Crippen LogP contribution in [0.15, 0.2) is 0 Å². The summed E-state index contributed by atoms with van der Waals surface area (Å²) in [5.74, 6) is 0.514. The van der Waals surface area contributed by atoms with Crippen LogP contribution in [0.1, 0.15) is 6.42 Å². The Morgan fingerprint density at radius 2 is 2.15 bits per heavy atom. The fourth-order valence-electron chi connectivity index (χ4n) is 1.36. The van der Waals surface area contributed by atoms with Crippen LogP contribution in [0.4, 0.5) is 0 Å². The highest BCUT2D eigenvalue weighted by Gasteiger charge is 2.26. The lowest BCUT2D eigenvalue weighted by atomic mass is 10.3. The molecule has 0 aromatic heterocycles. The molecule has 0 saturated carbocycles. The average molecular weight is 206 g/mol. The molecule has 0 spiro atoms. The summed E-state index contributed by atoms with van der Waals surface area (Å²) in [6.07, 6.45) is 1.32. The van der Waals surface area contributed by atoms with Gasteiger partial charge < -0.3 is 10.6 Å². The first-order chi connectivity index (χ1) is 6.14. The molecule has 0 bridgehead atoms. The fourth-order valence-corrected chi connectivity index (χ4v) is 3.07. The molecule has 5 nitrogen and oxygen atoms in total. The predicted octanol–water partition coefficient (Wildman–Crippen LogP) is -1.49. The number of hydrogen-bond donors (Lipinski definition) is 2. The van der Waals surface area contributed by atoms with Gasteiger partial charge in [-0.15, -0.1) is 0 Å². The van der Waals surface area contributed by atoms with E-state index in [-0.39, 0.29) is 17.5 Å². The van der Waals surface area contributed by atoms with Crippen LogP contribution in [-0.4, -0.2) is 45.5 Å². The lowest BCUT2D eigenvalue weighted by Crippen LogP contribution is -2.35. The summed E-state index contributed by atoms with van der Waals surface area (Å²) in [6.45, 7) is 1.17. The smallest absolute Gasteiger partial charge is 0.207 e. The summed E-state index contributed by atoms with van der Waals surface area (Å²) in [7, 11) is -2.79. The van der Waals surface area contributed by atoms with Crippen LogP contribution in [0.5, 0.6) is 0 Å². The highest BCUT2D eigenvalue weighted by Crippen LogP contribution is 2.10. The monoisotopic (exact) mass is 206 g/mol. The normalized spacial score (nSPS) is 25.7. The predicted molar refractivity (Wildman–Crippen MR) is 49.1 cm³/mol. The molecule has 0 radical (unpaired) electrons. The minimum atomic E-state index is -2.79. The number of nitrogens with one attached hydrogen (secondary N) is 2. The molecule has 2 N–H and O–H groups in total. The molecule has 1 saturated heterocycles. The Kier molecular flexibility index (Phi) is 3.68. The van der Waals surface area contributed by atoms with E-state index in [1.54, 1.807) is 0 Å². The van der Waals surface area contributed by atoms with Gasteiger partial charge in [0.2, 0.25) is 6.41 Å². The zero-order valence-electron chi connectivity index (χ0n) is 7.32. The van der Waals surface area contributed by atoms with Crippen molar-refractivity contribution >= 4 is 16.2 Å². The molecule has 1 heterocycles.